The molecule has 0 saturated carbocycles. The highest BCUT2D eigenvalue weighted by Crippen LogP contribution is 2.30. The number of nitrogens with zero attached hydrogens (tertiary/aromatic N) is 4. The maximum Gasteiger partial charge on any atom is 0.205 e. The monoisotopic (exact) mass is 306 g/mol. The minimum atomic E-state index is 0.522. The van der Waals surface area contributed by atoms with Crippen LogP contribution in [0.15, 0.2) is 6.07 Å². The maximum atomic E-state index is 5.68. The summed E-state index contributed by atoms with van der Waals surface area (Å²) in [5.74, 6) is 2.68. The molecule has 0 spiro atoms. The van der Waals surface area contributed by atoms with Gasteiger partial charge in [0.15, 0.2) is 0 Å². The second kappa shape index (κ2) is 6.01. The van der Waals surface area contributed by atoms with Crippen molar-refractivity contribution in [3.63, 3.8) is 0 Å². The number of anilines is 2. The molecule has 0 amide bonds. The van der Waals surface area contributed by atoms with Crippen molar-refractivity contribution >= 4 is 22.5 Å². The fourth-order valence-corrected chi connectivity index (χ4v) is 3.51. The molecule has 2 aromatic rings. The molecule has 6 nitrogen and oxygen atoms in total. The number of rotatable bonds is 4. The Morgan fingerprint density at radius 3 is 2.81 bits per heavy atom. The predicted molar refractivity (Wildman–Crippen MR) is 85.6 cm³/mol. The van der Waals surface area contributed by atoms with Gasteiger partial charge in [-0.15, -0.1) is 0 Å². The van der Waals surface area contributed by atoms with E-state index in [4.69, 9.17) is 5.73 Å². The number of nitrogens with one attached hydrogen (secondary N) is 1. The molecule has 0 atom stereocenters. The number of nitrogen functional groups attached to an aromatic ring is 1. The highest BCUT2D eigenvalue weighted by atomic mass is 32.1. The molecule has 7 heteroatoms. The molecule has 0 aliphatic carbocycles. The molecule has 1 saturated heterocycles. The molecule has 3 heterocycles. The van der Waals surface area contributed by atoms with Crippen LogP contribution in [0.3, 0.4) is 0 Å². The molecule has 3 N–H and O–H groups in total. The van der Waals surface area contributed by atoms with Gasteiger partial charge in [0.05, 0.1) is 0 Å². The second-order valence-corrected chi connectivity index (χ2v) is 6.83. The summed E-state index contributed by atoms with van der Waals surface area (Å²) in [6.07, 6.45) is 3.15. The first kappa shape index (κ1) is 14.3. The van der Waals surface area contributed by atoms with E-state index in [0.29, 0.717) is 17.7 Å². The number of hydrogen-bond acceptors (Lipinski definition) is 6. The van der Waals surface area contributed by atoms with Crippen LogP contribution in [0.4, 0.5) is 10.9 Å². The number of piperidine rings is 1. The Labute approximate surface area is 128 Å². The summed E-state index contributed by atoms with van der Waals surface area (Å²) in [5, 5.41) is 8.12. The molecule has 3 rings (SSSR count). The molecule has 0 radical (unpaired) electrons. The molecule has 21 heavy (non-hydrogen) atoms. The lowest BCUT2D eigenvalue weighted by atomic mass is 9.94. The first-order valence-corrected chi connectivity index (χ1v) is 8.27. The van der Waals surface area contributed by atoms with E-state index in [1.807, 2.05) is 6.07 Å². The summed E-state index contributed by atoms with van der Waals surface area (Å²) >= 11 is 1.52. The van der Waals surface area contributed by atoms with Crippen molar-refractivity contribution in [2.75, 3.05) is 23.7 Å². The maximum absolute atomic E-state index is 5.68. The van der Waals surface area contributed by atoms with Crippen LogP contribution in [0.1, 0.15) is 44.1 Å². The Balaban J connectivity index is 1.59. The molecule has 2 aromatic heterocycles. The van der Waals surface area contributed by atoms with Crippen LogP contribution >= 0.6 is 11.5 Å². The number of aromatic amines is 1. The number of hydrogen-bond donors (Lipinski definition) is 2. The zero-order valence-electron chi connectivity index (χ0n) is 12.5. The van der Waals surface area contributed by atoms with E-state index in [0.717, 1.165) is 49.0 Å². The minimum Gasteiger partial charge on any atom is -0.382 e. The fourth-order valence-electron chi connectivity index (χ4n) is 2.77. The Morgan fingerprint density at radius 2 is 2.19 bits per heavy atom. The average molecular weight is 306 g/mol. The quantitative estimate of drug-likeness (QED) is 0.906. The average Bonchev–Trinajstić information content (AvgIpc) is 3.08. The van der Waals surface area contributed by atoms with Crippen molar-refractivity contribution in [3.8, 4) is 0 Å². The Morgan fingerprint density at radius 1 is 1.43 bits per heavy atom. The molecular formula is C14H22N6S. The third kappa shape index (κ3) is 3.34. The summed E-state index contributed by atoms with van der Waals surface area (Å²) in [6, 6.07) is 1.95. The first-order chi connectivity index (χ1) is 10.1. The standard InChI is InChI=1S/C14H22N6S/c1-9(2)7-13-16-14(21-19-13)20-5-3-10(4-6-20)11-8-12(15)18-17-11/h8-10H,3-7H2,1-2H3,(H3,15,17,18). The van der Waals surface area contributed by atoms with E-state index in [1.54, 1.807) is 0 Å². The van der Waals surface area contributed by atoms with Gasteiger partial charge in [-0.2, -0.15) is 9.47 Å². The first-order valence-electron chi connectivity index (χ1n) is 7.50. The van der Waals surface area contributed by atoms with Gasteiger partial charge in [0.1, 0.15) is 11.6 Å². The van der Waals surface area contributed by atoms with E-state index in [9.17, 15) is 0 Å². The molecule has 1 aliphatic heterocycles. The molecule has 0 unspecified atom stereocenters. The van der Waals surface area contributed by atoms with Crippen molar-refractivity contribution in [1.82, 2.24) is 19.6 Å². The SMILES string of the molecule is CC(C)Cc1nsc(N2CCC(c3cc(N)n[nH]3)CC2)n1. The lowest BCUT2D eigenvalue weighted by molar-refractivity contribution is 0.494. The topological polar surface area (TPSA) is 83.7 Å². The Hall–Kier alpha value is -1.63. The number of H-pyrrole nitrogens is 1. The lowest BCUT2D eigenvalue weighted by Crippen LogP contribution is -2.32. The van der Waals surface area contributed by atoms with Gasteiger partial charge in [0.25, 0.3) is 0 Å². The third-order valence-corrected chi connectivity index (χ3v) is 4.69. The van der Waals surface area contributed by atoms with Gasteiger partial charge < -0.3 is 10.6 Å². The van der Waals surface area contributed by atoms with Crippen molar-refractivity contribution in [2.45, 2.75) is 39.0 Å². The minimum absolute atomic E-state index is 0.522. The van der Waals surface area contributed by atoms with Crippen LogP contribution in [0.25, 0.3) is 0 Å². The lowest BCUT2D eigenvalue weighted by Gasteiger charge is -2.30. The summed E-state index contributed by atoms with van der Waals surface area (Å²) in [6.45, 7) is 6.42. The second-order valence-electron chi connectivity index (χ2n) is 6.10. The van der Waals surface area contributed by atoms with Gasteiger partial charge in [-0.3, -0.25) is 5.10 Å². The molecule has 1 fully saturated rings. The summed E-state index contributed by atoms with van der Waals surface area (Å²) in [7, 11) is 0. The zero-order chi connectivity index (χ0) is 14.8. The van der Waals surface area contributed by atoms with Gasteiger partial charge in [0, 0.05) is 48.7 Å². The smallest absolute Gasteiger partial charge is 0.205 e. The highest BCUT2D eigenvalue weighted by molar-refractivity contribution is 7.09. The van der Waals surface area contributed by atoms with Gasteiger partial charge >= 0.3 is 0 Å². The third-order valence-electron chi connectivity index (χ3n) is 3.87. The van der Waals surface area contributed by atoms with Crippen molar-refractivity contribution in [1.29, 1.82) is 0 Å². The molecule has 0 bridgehead atoms. The summed E-state index contributed by atoms with van der Waals surface area (Å²) in [5.41, 5.74) is 6.83. The largest absolute Gasteiger partial charge is 0.382 e. The predicted octanol–water partition coefficient (Wildman–Crippen LogP) is 2.43. The van der Waals surface area contributed by atoms with Crippen molar-refractivity contribution in [3.05, 3.63) is 17.6 Å². The molecule has 114 valence electrons. The van der Waals surface area contributed by atoms with E-state index in [-0.39, 0.29) is 0 Å². The zero-order valence-corrected chi connectivity index (χ0v) is 13.4. The van der Waals surface area contributed by atoms with E-state index >= 15 is 0 Å². The van der Waals surface area contributed by atoms with Crippen LogP contribution in [0.2, 0.25) is 0 Å². The Bertz CT molecular complexity index is 582. The van der Waals surface area contributed by atoms with Crippen LogP contribution in [0.5, 0.6) is 0 Å². The van der Waals surface area contributed by atoms with Gasteiger partial charge in [-0.25, -0.2) is 4.98 Å². The molecule has 1 aliphatic rings. The van der Waals surface area contributed by atoms with Crippen LogP contribution < -0.4 is 10.6 Å². The molecule has 0 aromatic carbocycles. The Kier molecular flexibility index (Phi) is 4.10. The number of nitrogens with two attached hydrogens (primary N) is 1. The van der Waals surface area contributed by atoms with E-state index in [1.165, 1.54) is 11.5 Å². The fraction of sp³-hybridized carbons (Fsp3) is 0.643. The van der Waals surface area contributed by atoms with Crippen LogP contribution in [-0.2, 0) is 6.42 Å². The van der Waals surface area contributed by atoms with Crippen LogP contribution in [-0.4, -0.2) is 32.6 Å². The van der Waals surface area contributed by atoms with Gasteiger partial charge in [-0.1, -0.05) is 13.8 Å². The summed E-state index contributed by atoms with van der Waals surface area (Å²) < 4.78 is 4.47. The molecular weight excluding hydrogens is 284 g/mol. The normalized spacial score (nSPS) is 16.8. The van der Waals surface area contributed by atoms with Gasteiger partial charge in [0.2, 0.25) is 5.13 Å². The van der Waals surface area contributed by atoms with Crippen molar-refractivity contribution < 1.29 is 0 Å². The van der Waals surface area contributed by atoms with E-state index < -0.39 is 0 Å². The van der Waals surface area contributed by atoms with Crippen LogP contribution in [0, 0.1) is 5.92 Å². The van der Waals surface area contributed by atoms with Crippen molar-refractivity contribution in [2.24, 2.45) is 5.92 Å². The van der Waals surface area contributed by atoms with Gasteiger partial charge in [-0.05, 0) is 18.8 Å². The highest BCUT2D eigenvalue weighted by Gasteiger charge is 2.24. The summed E-state index contributed by atoms with van der Waals surface area (Å²) in [4.78, 5) is 7.01. The number of aromatic nitrogens is 4. The van der Waals surface area contributed by atoms with E-state index in [2.05, 4.69) is 38.3 Å².